The second-order valence-corrected chi connectivity index (χ2v) is 4.16. The van der Waals surface area contributed by atoms with Crippen LogP contribution in [0.2, 0.25) is 0 Å². The summed E-state index contributed by atoms with van der Waals surface area (Å²) in [6.07, 6.45) is 0.995. The number of nitrogens with two attached hydrogens (primary N) is 2. The Morgan fingerprint density at radius 1 is 1.17 bits per heavy atom. The van der Waals surface area contributed by atoms with E-state index in [9.17, 15) is 0 Å². The highest BCUT2D eigenvalue weighted by Crippen LogP contribution is 2.20. The molecule has 1 aromatic carbocycles. The van der Waals surface area contributed by atoms with E-state index in [-0.39, 0.29) is 5.95 Å². The van der Waals surface area contributed by atoms with Crippen molar-refractivity contribution in [2.45, 2.75) is 20.3 Å². The molecule has 0 saturated carbocycles. The highest BCUT2D eigenvalue weighted by Gasteiger charge is 2.02. The largest absolute Gasteiger partial charge is 0.383 e. The van der Waals surface area contributed by atoms with Crippen LogP contribution in [-0.2, 0) is 6.42 Å². The van der Waals surface area contributed by atoms with E-state index in [0.717, 1.165) is 12.1 Å². The fourth-order valence-electron chi connectivity index (χ4n) is 1.83. The lowest BCUT2D eigenvalue weighted by Gasteiger charge is -2.10. The van der Waals surface area contributed by atoms with Gasteiger partial charge in [0.1, 0.15) is 11.6 Å². The number of nitrogen functional groups attached to an aromatic ring is 2. The molecule has 0 atom stereocenters. The molecule has 1 aromatic heterocycles. The lowest BCUT2D eigenvalue weighted by atomic mass is 10.1. The van der Waals surface area contributed by atoms with E-state index in [1.807, 2.05) is 6.07 Å². The Kier molecular flexibility index (Phi) is 3.32. The molecule has 94 valence electrons. The van der Waals surface area contributed by atoms with Crippen molar-refractivity contribution in [1.82, 2.24) is 9.97 Å². The van der Waals surface area contributed by atoms with Gasteiger partial charge in [0, 0.05) is 11.8 Å². The number of nitrogens with zero attached hydrogens (tertiary/aromatic N) is 2. The molecular formula is C13H17N5. The average Bonchev–Trinajstić information content (AvgIpc) is 2.30. The van der Waals surface area contributed by atoms with Crippen LogP contribution in [0.1, 0.15) is 18.1 Å². The molecule has 0 unspecified atom stereocenters. The summed E-state index contributed by atoms with van der Waals surface area (Å²) in [6, 6.07) is 7.84. The molecule has 2 rings (SSSR count). The van der Waals surface area contributed by atoms with Crippen molar-refractivity contribution in [1.29, 1.82) is 0 Å². The highest BCUT2D eigenvalue weighted by molar-refractivity contribution is 5.61. The molecular weight excluding hydrogens is 226 g/mol. The summed E-state index contributed by atoms with van der Waals surface area (Å²) >= 11 is 0. The van der Waals surface area contributed by atoms with Gasteiger partial charge in [-0.3, -0.25) is 0 Å². The molecule has 0 radical (unpaired) electrons. The van der Waals surface area contributed by atoms with E-state index in [2.05, 4.69) is 41.3 Å². The van der Waals surface area contributed by atoms with Crippen LogP contribution >= 0.6 is 0 Å². The van der Waals surface area contributed by atoms with Gasteiger partial charge in [0.15, 0.2) is 0 Å². The summed E-state index contributed by atoms with van der Waals surface area (Å²) in [5.74, 6) is 1.12. The Morgan fingerprint density at radius 2 is 1.94 bits per heavy atom. The number of hydrogen-bond acceptors (Lipinski definition) is 5. The minimum atomic E-state index is 0.167. The number of hydrogen-bond donors (Lipinski definition) is 3. The van der Waals surface area contributed by atoms with Crippen LogP contribution in [0.4, 0.5) is 23.3 Å². The molecule has 5 nitrogen and oxygen atoms in total. The molecule has 0 bridgehead atoms. The van der Waals surface area contributed by atoms with Gasteiger partial charge >= 0.3 is 0 Å². The van der Waals surface area contributed by atoms with Gasteiger partial charge in [-0.1, -0.05) is 13.0 Å². The summed E-state index contributed by atoms with van der Waals surface area (Å²) < 4.78 is 0. The lowest BCUT2D eigenvalue weighted by Crippen LogP contribution is -2.03. The van der Waals surface area contributed by atoms with Gasteiger partial charge in [-0.25, -0.2) is 0 Å². The van der Waals surface area contributed by atoms with Gasteiger partial charge in [-0.2, -0.15) is 9.97 Å². The van der Waals surface area contributed by atoms with E-state index in [0.29, 0.717) is 11.6 Å². The van der Waals surface area contributed by atoms with Crippen LogP contribution in [0.25, 0.3) is 0 Å². The van der Waals surface area contributed by atoms with Crippen molar-refractivity contribution >= 4 is 23.3 Å². The van der Waals surface area contributed by atoms with Crippen molar-refractivity contribution < 1.29 is 0 Å². The maximum absolute atomic E-state index is 5.62. The molecule has 0 spiro atoms. The summed E-state index contributed by atoms with van der Waals surface area (Å²) in [6.45, 7) is 4.23. The maximum atomic E-state index is 5.62. The van der Waals surface area contributed by atoms with E-state index >= 15 is 0 Å². The van der Waals surface area contributed by atoms with Crippen molar-refractivity contribution in [2.24, 2.45) is 0 Å². The number of aromatic nitrogens is 2. The van der Waals surface area contributed by atoms with Gasteiger partial charge < -0.3 is 16.8 Å². The molecule has 0 amide bonds. The summed E-state index contributed by atoms with van der Waals surface area (Å²) in [5.41, 5.74) is 14.7. The molecule has 5 heteroatoms. The molecule has 0 aliphatic carbocycles. The number of aryl methyl sites for hydroxylation is 2. The summed E-state index contributed by atoms with van der Waals surface area (Å²) in [7, 11) is 0. The Labute approximate surface area is 106 Å². The number of anilines is 4. The van der Waals surface area contributed by atoms with Crippen molar-refractivity contribution in [3.8, 4) is 0 Å². The molecule has 18 heavy (non-hydrogen) atoms. The van der Waals surface area contributed by atoms with Crippen molar-refractivity contribution in [2.75, 3.05) is 16.8 Å². The number of nitrogens with one attached hydrogen (secondary N) is 1. The topological polar surface area (TPSA) is 89.8 Å². The second kappa shape index (κ2) is 4.91. The third kappa shape index (κ3) is 2.68. The Balaban J connectivity index is 2.28. The molecule has 5 N–H and O–H groups in total. The standard InChI is InChI=1S/C13H17N5/c1-3-9-6-10(5-4-8(9)2)16-12-7-11(14)17-13(15)18-12/h4-7H,3H2,1-2H3,(H5,14,15,16,17,18). The first kappa shape index (κ1) is 12.2. The van der Waals surface area contributed by atoms with E-state index in [1.165, 1.54) is 11.1 Å². The predicted octanol–water partition coefficient (Wildman–Crippen LogP) is 2.26. The van der Waals surface area contributed by atoms with Crippen molar-refractivity contribution in [3.05, 3.63) is 35.4 Å². The summed E-state index contributed by atoms with van der Waals surface area (Å²) in [4.78, 5) is 7.91. The average molecular weight is 243 g/mol. The van der Waals surface area contributed by atoms with Gasteiger partial charge in [-0.15, -0.1) is 0 Å². The zero-order valence-corrected chi connectivity index (χ0v) is 10.6. The van der Waals surface area contributed by atoms with Crippen molar-refractivity contribution in [3.63, 3.8) is 0 Å². The summed E-state index contributed by atoms with van der Waals surface area (Å²) in [5, 5.41) is 3.18. The predicted molar refractivity (Wildman–Crippen MR) is 74.7 cm³/mol. The molecule has 0 aliphatic rings. The molecule has 2 aromatic rings. The first-order valence-corrected chi connectivity index (χ1v) is 5.85. The quantitative estimate of drug-likeness (QED) is 0.769. The van der Waals surface area contributed by atoms with Crippen LogP contribution in [0.5, 0.6) is 0 Å². The zero-order valence-electron chi connectivity index (χ0n) is 10.6. The monoisotopic (exact) mass is 243 g/mol. The first-order chi connectivity index (χ1) is 8.58. The first-order valence-electron chi connectivity index (χ1n) is 5.85. The zero-order chi connectivity index (χ0) is 13.1. The normalized spacial score (nSPS) is 10.3. The highest BCUT2D eigenvalue weighted by atomic mass is 15.1. The molecule has 0 aliphatic heterocycles. The Hall–Kier alpha value is -2.30. The van der Waals surface area contributed by atoms with Gasteiger partial charge in [-0.05, 0) is 36.6 Å². The molecule has 0 fully saturated rings. The van der Waals surface area contributed by atoms with E-state index in [4.69, 9.17) is 11.5 Å². The van der Waals surface area contributed by atoms with Gasteiger partial charge in [0.25, 0.3) is 0 Å². The van der Waals surface area contributed by atoms with Gasteiger partial charge in [0.2, 0.25) is 5.95 Å². The van der Waals surface area contributed by atoms with E-state index in [1.54, 1.807) is 6.07 Å². The van der Waals surface area contributed by atoms with E-state index < -0.39 is 0 Å². The Morgan fingerprint density at radius 3 is 2.61 bits per heavy atom. The fraction of sp³-hybridized carbons (Fsp3) is 0.231. The molecule has 1 heterocycles. The molecule has 0 saturated heterocycles. The van der Waals surface area contributed by atoms with Crippen LogP contribution in [0.3, 0.4) is 0 Å². The Bertz CT molecular complexity index is 545. The van der Waals surface area contributed by atoms with Crippen LogP contribution in [0, 0.1) is 6.92 Å². The number of benzene rings is 1. The smallest absolute Gasteiger partial charge is 0.223 e. The third-order valence-electron chi connectivity index (χ3n) is 2.77. The van der Waals surface area contributed by atoms with Crippen LogP contribution in [0.15, 0.2) is 24.3 Å². The minimum Gasteiger partial charge on any atom is -0.383 e. The third-order valence-corrected chi connectivity index (χ3v) is 2.77. The minimum absolute atomic E-state index is 0.167. The lowest BCUT2D eigenvalue weighted by molar-refractivity contribution is 1.11. The SMILES string of the molecule is CCc1cc(Nc2cc(N)nc(N)n2)ccc1C. The van der Waals surface area contributed by atoms with Crippen LogP contribution in [-0.4, -0.2) is 9.97 Å². The second-order valence-electron chi connectivity index (χ2n) is 4.16. The maximum Gasteiger partial charge on any atom is 0.223 e. The number of rotatable bonds is 3. The van der Waals surface area contributed by atoms with Gasteiger partial charge in [0.05, 0.1) is 0 Å². The van der Waals surface area contributed by atoms with Crippen LogP contribution < -0.4 is 16.8 Å². The fourth-order valence-corrected chi connectivity index (χ4v) is 1.83.